The summed E-state index contributed by atoms with van der Waals surface area (Å²) in [6, 6.07) is 1.29. The first kappa shape index (κ1) is 15.0. The van der Waals surface area contributed by atoms with E-state index in [0.717, 1.165) is 13.1 Å². The van der Waals surface area contributed by atoms with Gasteiger partial charge in [-0.2, -0.15) is 11.3 Å². The lowest BCUT2D eigenvalue weighted by Gasteiger charge is -2.43. The van der Waals surface area contributed by atoms with Gasteiger partial charge in [-0.15, -0.1) is 0 Å². The summed E-state index contributed by atoms with van der Waals surface area (Å²) in [6.07, 6.45) is 0. The van der Waals surface area contributed by atoms with Crippen LogP contribution in [0, 0.1) is 18.8 Å². The van der Waals surface area contributed by atoms with Crippen LogP contribution in [0.1, 0.15) is 38.8 Å². The molecular weight excluding hydrogens is 252 g/mol. The lowest BCUT2D eigenvalue weighted by molar-refractivity contribution is 0.0783. The van der Waals surface area contributed by atoms with E-state index in [1.807, 2.05) is 11.3 Å². The maximum absolute atomic E-state index is 3.74. The monoisotopic (exact) mass is 280 g/mol. The quantitative estimate of drug-likeness (QED) is 0.908. The summed E-state index contributed by atoms with van der Waals surface area (Å²) in [5.41, 5.74) is 2.96. The van der Waals surface area contributed by atoms with E-state index in [1.54, 1.807) is 0 Å². The molecule has 1 fully saturated rings. The van der Waals surface area contributed by atoms with E-state index in [-0.39, 0.29) is 0 Å². The number of rotatable bonds is 4. The van der Waals surface area contributed by atoms with Gasteiger partial charge in [0.25, 0.3) is 0 Å². The molecule has 108 valence electrons. The molecule has 0 aliphatic carbocycles. The molecule has 0 saturated carbocycles. The van der Waals surface area contributed by atoms with Crippen LogP contribution in [0.15, 0.2) is 10.8 Å². The van der Waals surface area contributed by atoms with E-state index in [1.165, 1.54) is 17.7 Å². The number of hydrogen-bond donors (Lipinski definition) is 1. The lowest BCUT2D eigenvalue weighted by atomic mass is 9.93. The molecule has 0 spiro atoms. The zero-order chi connectivity index (χ0) is 14.0. The van der Waals surface area contributed by atoms with Crippen LogP contribution >= 0.6 is 11.3 Å². The molecule has 1 N–H and O–H groups in total. The Morgan fingerprint density at radius 2 is 2.00 bits per heavy atom. The highest BCUT2D eigenvalue weighted by Gasteiger charge is 2.31. The van der Waals surface area contributed by atoms with Crippen LogP contribution in [-0.4, -0.2) is 30.1 Å². The van der Waals surface area contributed by atoms with Crippen LogP contribution in [0.4, 0.5) is 0 Å². The van der Waals surface area contributed by atoms with Gasteiger partial charge in [0, 0.05) is 31.7 Å². The second kappa shape index (κ2) is 6.38. The number of hydrogen-bond acceptors (Lipinski definition) is 3. The first-order valence-electron chi connectivity index (χ1n) is 7.48. The van der Waals surface area contributed by atoms with Gasteiger partial charge in [0.1, 0.15) is 0 Å². The maximum Gasteiger partial charge on any atom is 0.0248 e. The van der Waals surface area contributed by atoms with Gasteiger partial charge in [0.2, 0.25) is 0 Å². The highest BCUT2D eigenvalue weighted by Crippen LogP contribution is 2.23. The molecule has 19 heavy (non-hydrogen) atoms. The normalized spacial score (nSPS) is 25.4. The lowest BCUT2D eigenvalue weighted by Crippen LogP contribution is -2.59. The average Bonchev–Trinajstić information content (AvgIpc) is 2.74. The molecule has 0 amide bonds. The zero-order valence-corrected chi connectivity index (χ0v) is 13.8. The fourth-order valence-corrected chi connectivity index (χ4v) is 3.76. The minimum absolute atomic E-state index is 0.633. The van der Waals surface area contributed by atoms with Gasteiger partial charge in [-0.05, 0) is 40.6 Å². The number of nitrogens with one attached hydrogen (secondary N) is 1. The van der Waals surface area contributed by atoms with E-state index in [9.17, 15) is 0 Å². The molecule has 1 aliphatic heterocycles. The molecule has 2 unspecified atom stereocenters. The van der Waals surface area contributed by atoms with Gasteiger partial charge in [-0.25, -0.2) is 0 Å². The first-order chi connectivity index (χ1) is 8.99. The maximum atomic E-state index is 3.74. The molecule has 1 aromatic heterocycles. The summed E-state index contributed by atoms with van der Waals surface area (Å²) >= 11 is 1.83. The second-order valence-corrected chi connectivity index (χ2v) is 7.32. The molecule has 1 aromatic rings. The Hall–Kier alpha value is -0.380. The molecule has 1 aliphatic rings. The third kappa shape index (κ3) is 3.59. The van der Waals surface area contributed by atoms with Crippen molar-refractivity contribution in [3.63, 3.8) is 0 Å². The Kier molecular flexibility index (Phi) is 5.04. The van der Waals surface area contributed by atoms with Crippen LogP contribution in [0.25, 0.3) is 0 Å². The van der Waals surface area contributed by atoms with Crippen molar-refractivity contribution in [2.24, 2.45) is 11.8 Å². The van der Waals surface area contributed by atoms with Gasteiger partial charge < -0.3 is 5.32 Å². The predicted octanol–water partition coefficient (Wildman–Crippen LogP) is 3.51. The predicted molar refractivity (Wildman–Crippen MR) is 84.7 cm³/mol. The number of piperazine rings is 1. The Bertz CT molecular complexity index is 397. The van der Waals surface area contributed by atoms with E-state index in [2.05, 4.69) is 55.6 Å². The fraction of sp³-hybridized carbons (Fsp3) is 0.750. The molecule has 3 heteroatoms. The van der Waals surface area contributed by atoms with Crippen molar-refractivity contribution < 1.29 is 0 Å². The van der Waals surface area contributed by atoms with Crippen molar-refractivity contribution in [3.8, 4) is 0 Å². The Morgan fingerprint density at radius 3 is 2.53 bits per heavy atom. The number of thiophene rings is 1. The third-order valence-corrected chi connectivity index (χ3v) is 5.31. The molecule has 0 bridgehead atoms. The van der Waals surface area contributed by atoms with Crippen LogP contribution in [0.3, 0.4) is 0 Å². The molecule has 2 atom stereocenters. The molecule has 2 heterocycles. The molecule has 1 saturated heterocycles. The molecule has 0 aromatic carbocycles. The van der Waals surface area contributed by atoms with Crippen LogP contribution in [0.5, 0.6) is 0 Å². The zero-order valence-electron chi connectivity index (χ0n) is 12.9. The molecule has 2 nitrogen and oxygen atoms in total. The standard InChI is InChI=1S/C16H28N2S/c1-11(2)15-8-18(16(6-17-15)12(3)4)7-14-10-19-9-13(14)5/h9-12,15-17H,6-8H2,1-5H3. The SMILES string of the molecule is Cc1cscc1CN1CC(C(C)C)NCC1C(C)C. The first-order valence-corrected chi connectivity index (χ1v) is 8.42. The minimum Gasteiger partial charge on any atom is -0.311 e. The highest BCUT2D eigenvalue weighted by atomic mass is 32.1. The fourth-order valence-electron chi connectivity index (χ4n) is 2.91. The van der Waals surface area contributed by atoms with Crippen molar-refractivity contribution in [2.45, 2.75) is 53.2 Å². The van der Waals surface area contributed by atoms with Gasteiger partial charge >= 0.3 is 0 Å². The third-order valence-electron chi connectivity index (χ3n) is 4.40. The largest absolute Gasteiger partial charge is 0.311 e. The molecular formula is C16H28N2S. The van der Waals surface area contributed by atoms with E-state index in [0.29, 0.717) is 23.9 Å². The van der Waals surface area contributed by atoms with Crippen molar-refractivity contribution in [3.05, 3.63) is 21.9 Å². The number of aryl methyl sites for hydroxylation is 1. The smallest absolute Gasteiger partial charge is 0.0248 e. The van der Waals surface area contributed by atoms with Crippen LogP contribution in [0.2, 0.25) is 0 Å². The number of nitrogens with zero attached hydrogens (tertiary/aromatic N) is 1. The summed E-state index contributed by atoms with van der Waals surface area (Å²) in [5.74, 6) is 1.42. The van der Waals surface area contributed by atoms with Crippen molar-refractivity contribution in [1.82, 2.24) is 10.2 Å². The summed E-state index contributed by atoms with van der Waals surface area (Å²) in [5, 5.41) is 8.32. The highest BCUT2D eigenvalue weighted by molar-refractivity contribution is 7.08. The summed E-state index contributed by atoms with van der Waals surface area (Å²) in [6.45, 7) is 15.0. The van der Waals surface area contributed by atoms with Gasteiger partial charge in [-0.1, -0.05) is 27.7 Å². The minimum atomic E-state index is 0.633. The molecule has 0 radical (unpaired) electrons. The van der Waals surface area contributed by atoms with Gasteiger partial charge in [0.05, 0.1) is 0 Å². The Balaban J connectivity index is 2.09. The van der Waals surface area contributed by atoms with Crippen molar-refractivity contribution in [1.29, 1.82) is 0 Å². The van der Waals surface area contributed by atoms with Gasteiger partial charge in [0.15, 0.2) is 0 Å². The topological polar surface area (TPSA) is 15.3 Å². The van der Waals surface area contributed by atoms with Gasteiger partial charge in [-0.3, -0.25) is 4.90 Å². The summed E-state index contributed by atoms with van der Waals surface area (Å²) in [4.78, 5) is 2.70. The van der Waals surface area contributed by atoms with E-state index < -0.39 is 0 Å². The Labute approximate surface area is 122 Å². The van der Waals surface area contributed by atoms with Crippen molar-refractivity contribution >= 4 is 11.3 Å². The summed E-state index contributed by atoms with van der Waals surface area (Å²) < 4.78 is 0. The van der Waals surface area contributed by atoms with E-state index >= 15 is 0 Å². The van der Waals surface area contributed by atoms with Crippen molar-refractivity contribution in [2.75, 3.05) is 13.1 Å². The average molecular weight is 280 g/mol. The van der Waals surface area contributed by atoms with Crippen LogP contribution < -0.4 is 5.32 Å². The van der Waals surface area contributed by atoms with Crippen LogP contribution in [-0.2, 0) is 6.54 Å². The summed E-state index contributed by atoms with van der Waals surface area (Å²) in [7, 11) is 0. The molecule has 2 rings (SSSR count). The van der Waals surface area contributed by atoms with E-state index in [4.69, 9.17) is 0 Å². The second-order valence-electron chi connectivity index (χ2n) is 6.58. The Morgan fingerprint density at radius 1 is 1.26 bits per heavy atom.